The van der Waals surface area contributed by atoms with E-state index in [0.717, 1.165) is 76.1 Å². The van der Waals surface area contributed by atoms with Crippen molar-refractivity contribution in [3.63, 3.8) is 0 Å². The zero-order valence-corrected chi connectivity index (χ0v) is 19.3. The fraction of sp³-hybridized carbons (Fsp3) is 0.462. The average molecular weight is 448 g/mol. The third kappa shape index (κ3) is 3.21. The molecular formula is C26H29N3O4. The predicted octanol–water partition coefficient (Wildman–Crippen LogP) is 4.67. The van der Waals surface area contributed by atoms with Crippen LogP contribution in [0.5, 0.6) is 0 Å². The zero-order chi connectivity index (χ0) is 22.7. The zero-order valence-electron chi connectivity index (χ0n) is 19.3. The van der Waals surface area contributed by atoms with E-state index in [4.69, 9.17) is 19.0 Å². The number of benzene rings is 1. The highest BCUT2D eigenvalue weighted by Gasteiger charge is 2.38. The van der Waals surface area contributed by atoms with Crippen LogP contribution in [0.15, 0.2) is 35.0 Å². The topological polar surface area (TPSA) is 82.5 Å². The Bertz CT molecular complexity index is 1330. The molecule has 0 radical (unpaired) electrons. The second-order valence-electron chi connectivity index (χ2n) is 9.61. The minimum atomic E-state index is -0.910. The number of nitrogens with zero attached hydrogens (tertiary/aromatic N) is 3. The Kier molecular flexibility index (Phi) is 4.83. The Morgan fingerprint density at radius 2 is 1.88 bits per heavy atom. The van der Waals surface area contributed by atoms with Crippen molar-refractivity contribution in [3.05, 3.63) is 47.5 Å². The number of aryl methyl sites for hydroxylation is 2. The molecule has 0 saturated carbocycles. The van der Waals surface area contributed by atoms with Crippen molar-refractivity contribution in [3.8, 4) is 11.1 Å². The Hall–Kier alpha value is -2.74. The van der Waals surface area contributed by atoms with E-state index in [9.17, 15) is 5.11 Å². The van der Waals surface area contributed by atoms with Gasteiger partial charge in [-0.1, -0.05) is 17.3 Å². The number of aliphatic hydroxyl groups is 1. The van der Waals surface area contributed by atoms with Gasteiger partial charge in [0.1, 0.15) is 11.4 Å². The first kappa shape index (κ1) is 20.8. The molecule has 5 heterocycles. The highest BCUT2D eigenvalue weighted by Crippen LogP contribution is 2.40. The first-order valence-electron chi connectivity index (χ1n) is 11.7. The number of fused-ring (bicyclic) bond motifs is 3. The lowest BCUT2D eigenvalue weighted by atomic mass is 9.91. The SMILES string of the molecule is Cc1noc(C)c1-c1cnc2c3ccc(C4(O)COC4)cc3n([C@H](C)C3CCOCC3)c2c1. The summed E-state index contributed by atoms with van der Waals surface area (Å²) in [5, 5.41) is 16.2. The van der Waals surface area contributed by atoms with Crippen molar-refractivity contribution in [1.82, 2.24) is 14.7 Å². The molecule has 0 unspecified atom stereocenters. The largest absolute Gasteiger partial charge is 0.381 e. The van der Waals surface area contributed by atoms with E-state index in [2.05, 4.69) is 34.8 Å². The summed E-state index contributed by atoms with van der Waals surface area (Å²) in [6.45, 7) is 8.47. The van der Waals surface area contributed by atoms with Crippen LogP contribution < -0.4 is 0 Å². The quantitative estimate of drug-likeness (QED) is 0.490. The van der Waals surface area contributed by atoms with Crippen LogP contribution in [-0.4, -0.2) is 46.2 Å². The fourth-order valence-corrected chi connectivity index (χ4v) is 5.54. The maximum absolute atomic E-state index is 10.9. The number of aromatic nitrogens is 3. The summed E-state index contributed by atoms with van der Waals surface area (Å²) in [6, 6.07) is 8.71. The smallest absolute Gasteiger partial charge is 0.141 e. The molecule has 6 rings (SSSR count). The molecule has 7 nitrogen and oxygen atoms in total. The molecular weight excluding hydrogens is 418 g/mol. The predicted molar refractivity (Wildman–Crippen MR) is 125 cm³/mol. The van der Waals surface area contributed by atoms with Gasteiger partial charge in [-0.2, -0.15) is 0 Å². The summed E-state index contributed by atoms with van der Waals surface area (Å²) in [5.74, 6) is 1.31. The number of ether oxygens (including phenoxy) is 2. The van der Waals surface area contributed by atoms with Gasteiger partial charge in [0.2, 0.25) is 0 Å². The van der Waals surface area contributed by atoms with Crippen LogP contribution in [0.25, 0.3) is 33.1 Å². The Balaban J connectivity index is 1.59. The molecule has 33 heavy (non-hydrogen) atoms. The first-order valence-corrected chi connectivity index (χ1v) is 11.7. The van der Waals surface area contributed by atoms with E-state index in [0.29, 0.717) is 19.1 Å². The molecule has 2 saturated heterocycles. The lowest BCUT2D eigenvalue weighted by Gasteiger charge is -2.37. The van der Waals surface area contributed by atoms with Crippen molar-refractivity contribution < 1.29 is 19.1 Å². The lowest BCUT2D eigenvalue weighted by Crippen LogP contribution is -2.46. The second-order valence-corrected chi connectivity index (χ2v) is 9.61. The van der Waals surface area contributed by atoms with E-state index in [1.165, 1.54) is 0 Å². The average Bonchev–Trinajstić information content (AvgIpc) is 3.32. The summed E-state index contributed by atoms with van der Waals surface area (Å²) < 4.78 is 18.8. The van der Waals surface area contributed by atoms with Gasteiger partial charge in [0.25, 0.3) is 0 Å². The molecule has 7 heteroatoms. The molecule has 0 amide bonds. The van der Waals surface area contributed by atoms with E-state index >= 15 is 0 Å². The van der Waals surface area contributed by atoms with Gasteiger partial charge >= 0.3 is 0 Å². The third-order valence-electron chi connectivity index (χ3n) is 7.54. The Morgan fingerprint density at radius 3 is 2.55 bits per heavy atom. The van der Waals surface area contributed by atoms with Crippen LogP contribution in [0, 0.1) is 19.8 Å². The van der Waals surface area contributed by atoms with Gasteiger partial charge < -0.3 is 23.7 Å². The number of pyridine rings is 1. The van der Waals surface area contributed by atoms with Crippen molar-refractivity contribution >= 4 is 21.9 Å². The molecule has 2 aliphatic heterocycles. The maximum Gasteiger partial charge on any atom is 0.141 e. The third-order valence-corrected chi connectivity index (χ3v) is 7.54. The van der Waals surface area contributed by atoms with Gasteiger partial charge in [0.05, 0.1) is 35.5 Å². The minimum Gasteiger partial charge on any atom is -0.381 e. The van der Waals surface area contributed by atoms with Crippen LogP contribution >= 0.6 is 0 Å². The molecule has 0 bridgehead atoms. The van der Waals surface area contributed by atoms with Crippen molar-refractivity contribution in [2.24, 2.45) is 5.92 Å². The van der Waals surface area contributed by atoms with Gasteiger partial charge in [-0.15, -0.1) is 0 Å². The molecule has 2 aliphatic rings. The molecule has 172 valence electrons. The standard InChI is InChI=1S/C26H29N3O4/c1-15-24(17(3)33-28-15)19-10-23-25(27-12-19)21-5-4-20(26(30)13-32-14-26)11-22(21)29(23)16(2)18-6-8-31-9-7-18/h4-5,10-12,16,18,30H,6-9,13-14H2,1-3H3/t16-/m1/s1. The van der Waals surface area contributed by atoms with Crippen LogP contribution in [-0.2, 0) is 15.1 Å². The van der Waals surface area contributed by atoms with Crippen molar-refractivity contribution in [1.29, 1.82) is 0 Å². The number of hydrogen-bond acceptors (Lipinski definition) is 6. The first-order chi connectivity index (χ1) is 16.0. The van der Waals surface area contributed by atoms with Crippen molar-refractivity contribution in [2.75, 3.05) is 26.4 Å². The molecule has 4 aromatic rings. The summed E-state index contributed by atoms with van der Waals surface area (Å²) >= 11 is 0. The highest BCUT2D eigenvalue weighted by molar-refractivity contribution is 6.07. The van der Waals surface area contributed by atoms with Gasteiger partial charge in [-0.05, 0) is 57.2 Å². The minimum absolute atomic E-state index is 0.262. The van der Waals surface area contributed by atoms with Gasteiger partial charge in [-0.25, -0.2) is 0 Å². The van der Waals surface area contributed by atoms with Crippen LogP contribution in [0.2, 0.25) is 0 Å². The van der Waals surface area contributed by atoms with Gasteiger partial charge in [0, 0.05) is 42.0 Å². The monoisotopic (exact) mass is 447 g/mol. The maximum atomic E-state index is 10.9. The normalized spacial score (nSPS) is 19.8. The Labute approximate surface area is 192 Å². The van der Waals surface area contributed by atoms with Gasteiger partial charge in [-0.3, -0.25) is 4.98 Å². The number of rotatable bonds is 4. The van der Waals surface area contributed by atoms with E-state index in [-0.39, 0.29) is 6.04 Å². The van der Waals surface area contributed by atoms with E-state index in [1.807, 2.05) is 26.1 Å². The fourth-order valence-electron chi connectivity index (χ4n) is 5.54. The van der Waals surface area contributed by atoms with Crippen molar-refractivity contribution in [2.45, 2.75) is 45.3 Å². The van der Waals surface area contributed by atoms with Crippen LogP contribution in [0.4, 0.5) is 0 Å². The second kappa shape index (κ2) is 7.65. The lowest BCUT2D eigenvalue weighted by molar-refractivity contribution is -0.184. The molecule has 1 N–H and O–H groups in total. The molecule has 2 fully saturated rings. The molecule has 1 aromatic carbocycles. The van der Waals surface area contributed by atoms with E-state index < -0.39 is 5.60 Å². The number of hydrogen-bond donors (Lipinski definition) is 1. The summed E-state index contributed by atoms with van der Waals surface area (Å²) in [5.41, 5.74) is 6.03. The highest BCUT2D eigenvalue weighted by atomic mass is 16.5. The molecule has 0 spiro atoms. The summed E-state index contributed by atoms with van der Waals surface area (Å²) in [4.78, 5) is 4.92. The summed E-state index contributed by atoms with van der Waals surface area (Å²) in [7, 11) is 0. The molecule has 0 aliphatic carbocycles. The van der Waals surface area contributed by atoms with Crippen LogP contribution in [0.3, 0.4) is 0 Å². The molecule has 3 aromatic heterocycles. The van der Waals surface area contributed by atoms with Gasteiger partial charge in [0.15, 0.2) is 0 Å². The Morgan fingerprint density at radius 1 is 1.09 bits per heavy atom. The van der Waals surface area contributed by atoms with Crippen LogP contribution in [0.1, 0.15) is 42.8 Å². The molecule has 1 atom stereocenters. The van der Waals surface area contributed by atoms with E-state index in [1.54, 1.807) is 0 Å². The summed E-state index contributed by atoms with van der Waals surface area (Å²) in [6.07, 6.45) is 3.99.